The molecule has 1 aromatic rings. The van der Waals surface area contributed by atoms with Crippen molar-refractivity contribution in [2.75, 3.05) is 13.3 Å². The van der Waals surface area contributed by atoms with E-state index < -0.39 is 0 Å². The van der Waals surface area contributed by atoms with Gasteiger partial charge in [-0.2, -0.15) is 0 Å². The fraction of sp³-hybridized carbons (Fsp3) is 0.250. The van der Waals surface area contributed by atoms with E-state index in [4.69, 9.17) is 0 Å². The van der Waals surface area contributed by atoms with Crippen LogP contribution in [0.1, 0.15) is 0 Å². The number of hydrogen-bond acceptors (Lipinski definition) is 0. The molecule has 3 radical (unpaired) electrons. The Kier molecular flexibility index (Phi) is 2.94. The van der Waals surface area contributed by atoms with Crippen LogP contribution in [0.2, 0.25) is 0 Å². The molecule has 0 amide bonds. The SMILES string of the molecule is CP(C)c1cccc[c]1[Ge]. The van der Waals surface area contributed by atoms with Crippen LogP contribution in [-0.2, 0) is 0 Å². The second-order valence-electron chi connectivity index (χ2n) is 2.41. The second-order valence-corrected chi connectivity index (χ2v) is 5.81. The van der Waals surface area contributed by atoms with Crippen LogP contribution in [-0.4, -0.2) is 29.8 Å². The van der Waals surface area contributed by atoms with Gasteiger partial charge < -0.3 is 0 Å². The van der Waals surface area contributed by atoms with Crippen LogP contribution in [0.15, 0.2) is 24.3 Å². The summed E-state index contributed by atoms with van der Waals surface area (Å²) in [7, 11) is 0.0836. The Bertz CT molecular complexity index is 220. The van der Waals surface area contributed by atoms with E-state index in [1.54, 1.807) is 0 Å². The summed E-state index contributed by atoms with van der Waals surface area (Å²) >= 11 is 2.18. The molecule has 0 heterocycles. The van der Waals surface area contributed by atoms with Gasteiger partial charge in [0.2, 0.25) is 0 Å². The Morgan fingerprint density at radius 3 is 2.20 bits per heavy atom. The first kappa shape index (κ1) is 8.29. The van der Waals surface area contributed by atoms with Gasteiger partial charge in [-0.3, -0.25) is 0 Å². The number of benzene rings is 1. The monoisotopic (exact) mass is 211 g/mol. The van der Waals surface area contributed by atoms with Gasteiger partial charge in [-0.15, -0.1) is 0 Å². The molecule has 0 aliphatic carbocycles. The van der Waals surface area contributed by atoms with Crippen LogP contribution in [0, 0.1) is 0 Å². The zero-order valence-electron chi connectivity index (χ0n) is 6.26. The van der Waals surface area contributed by atoms with Crippen LogP contribution in [0.3, 0.4) is 0 Å². The Morgan fingerprint density at radius 2 is 1.80 bits per heavy atom. The van der Waals surface area contributed by atoms with Gasteiger partial charge in [-0.25, -0.2) is 0 Å². The molecule has 0 N–H and O–H groups in total. The van der Waals surface area contributed by atoms with Crippen molar-refractivity contribution in [3.05, 3.63) is 24.3 Å². The van der Waals surface area contributed by atoms with E-state index in [1.807, 2.05) is 0 Å². The van der Waals surface area contributed by atoms with Crippen LogP contribution in [0.25, 0.3) is 0 Å². The Balaban J connectivity index is 3.03. The molecule has 51 valence electrons. The normalized spacial score (nSPS) is 10.4. The standard InChI is InChI=1S/C8H10GeP/c1-10(2)8-6-4-3-5-7(8)9/h3-6H,1-2H3. The Morgan fingerprint density at radius 1 is 1.20 bits per heavy atom. The summed E-state index contributed by atoms with van der Waals surface area (Å²) in [6.07, 6.45) is 0. The summed E-state index contributed by atoms with van der Waals surface area (Å²) < 4.78 is 1.43. The zero-order chi connectivity index (χ0) is 7.56. The molecule has 0 fully saturated rings. The van der Waals surface area contributed by atoms with Crippen molar-refractivity contribution in [2.24, 2.45) is 0 Å². The molecule has 10 heavy (non-hydrogen) atoms. The van der Waals surface area contributed by atoms with Gasteiger partial charge in [0.25, 0.3) is 0 Å². The van der Waals surface area contributed by atoms with Crippen LogP contribution >= 0.6 is 7.92 Å². The molecule has 0 aliphatic rings. The van der Waals surface area contributed by atoms with E-state index in [0.29, 0.717) is 0 Å². The molecular weight excluding hydrogens is 200 g/mol. The summed E-state index contributed by atoms with van der Waals surface area (Å²) in [4.78, 5) is 0. The van der Waals surface area contributed by atoms with E-state index in [-0.39, 0.29) is 7.92 Å². The van der Waals surface area contributed by atoms with Gasteiger partial charge in [0.15, 0.2) is 0 Å². The molecule has 0 saturated heterocycles. The van der Waals surface area contributed by atoms with E-state index >= 15 is 0 Å². The molecule has 0 atom stereocenters. The predicted octanol–water partition coefficient (Wildman–Crippen LogP) is 0.847. The molecule has 0 nitrogen and oxygen atoms in total. The van der Waals surface area contributed by atoms with Crippen molar-refractivity contribution < 1.29 is 0 Å². The second kappa shape index (κ2) is 3.55. The van der Waals surface area contributed by atoms with Crippen molar-refractivity contribution in [1.82, 2.24) is 0 Å². The van der Waals surface area contributed by atoms with Crippen LogP contribution in [0.5, 0.6) is 0 Å². The molecule has 0 aliphatic heterocycles. The molecule has 1 rings (SSSR count). The van der Waals surface area contributed by atoms with Crippen LogP contribution < -0.4 is 9.70 Å². The minimum absolute atomic E-state index is 0.0836. The van der Waals surface area contributed by atoms with Crippen molar-refractivity contribution in [1.29, 1.82) is 0 Å². The first-order chi connectivity index (χ1) is 4.72. The third-order valence-electron chi connectivity index (χ3n) is 1.39. The maximum absolute atomic E-state index is 2.29. The van der Waals surface area contributed by atoms with Crippen molar-refractivity contribution >= 4 is 34.1 Å². The summed E-state index contributed by atoms with van der Waals surface area (Å²) in [6, 6.07) is 8.61. The molecule has 0 unspecified atom stereocenters. The Labute approximate surface area is 72.0 Å². The van der Waals surface area contributed by atoms with Gasteiger partial charge >= 0.3 is 71.7 Å². The molecule has 0 bridgehead atoms. The molecule has 2 heteroatoms. The Hall–Kier alpha value is 0.193. The minimum atomic E-state index is 0.0836. The van der Waals surface area contributed by atoms with Gasteiger partial charge in [-0.1, -0.05) is 0 Å². The van der Waals surface area contributed by atoms with Crippen molar-refractivity contribution in [2.45, 2.75) is 0 Å². The molecule has 0 aromatic heterocycles. The van der Waals surface area contributed by atoms with Gasteiger partial charge in [0, 0.05) is 0 Å². The van der Waals surface area contributed by atoms with Gasteiger partial charge in [-0.05, 0) is 0 Å². The van der Waals surface area contributed by atoms with Gasteiger partial charge in [0.1, 0.15) is 0 Å². The quantitative estimate of drug-likeness (QED) is 0.475. The molecular formula is C8H10GeP. The fourth-order valence-corrected chi connectivity index (χ4v) is 3.59. The summed E-state index contributed by atoms with van der Waals surface area (Å²) in [5.74, 6) is 0. The fourth-order valence-electron chi connectivity index (χ4n) is 0.864. The first-order valence-corrected chi connectivity index (χ1v) is 6.48. The maximum atomic E-state index is 2.29. The van der Waals surface area contributed by atoms with Crippen LogP contribution in [0.4, 0.5) is 0 Å². The summed E-state index contributed by atoms with van der Waals surface area (Å²) in [5.41, 5.74) is 0. The number of rotatable bonds is 1. The van der Waals surface area contributed by atoms with Crippen molar-refractivity contribution in [3.8, 4) is 0 Å². The molecule has 1 aromatic carbocycles. The first-order valence-electron chi connectivity index (χ1n) is 3.20. The third-order valence-corrected chi connectivity index (χ3v) is 4.10. The van der Waals surface area contributed by atoms with Crippen molar-refractivity contribution in [3.63, 3.8) is 0 Å². The topological polar surface area (TPSA) is 0 Å². The average Bonchev–Trinajstić information content (AvgIpc) is 1.88. The average molecular weight is 210 g/mol. The number of hydrogen-bond donors (Lipinski definition) is 0. The molecule has 0 saturated carbocycles. The predicted molar refractivity (Wildman–Crippen MR) is 50.2 cm³/mol. The third kappa shape index (κ3) is 1.84. The summed E-state index contributed by atoms with van der Waals surface area (Å²) in [6.45, 7) is 4.58. The summed E-state index contributed by atoms with van der Waals surface area (Å²) in [5, 5.41) is 1.53. The van der Waals surface area contributed by atoms with E-state index in [1.165, 1.54) is 9.70 Å². The van der Waals surface area contributed by atoms with E-state index in [9.17, 15) is 0 Å². The van der Waals surface area contributed by atoms with E-state index in [2.05, 4.69) is 54.1 Å². The van der Waals surface area contributed by atoms with Gasteiger partial charge in [0.05, 0.1) is 0 Å². The van der Waals surface area contributed by atoms with E-state index in [0.717, 1.165) is 0 Å². The zero-order valence-corrected chi connectivity index (χ0v) is 9.25. The molecule has 0 spiro atoms.